The quantitative estimate of drug-likeness (QED) is 0.798. The molecule has 3 aliphatic carbocycles. The van der Waals surface area contributed by atoms with Crippen LogP contribution in [0.4, 0.5) is 0 Å². The van der Waals surface area contributed by atoms with Crippen LogP contribution in [0.1, 0.15) is 61.3 Å². The number of amides is 1. The van der Waals surface area contributed by atoms with E-state index in [1.165, 1.54) is 6.42 Å². The van der Waals surface area contributed by atoms with Crippen LogP contribution in [0.25, 0.3) is 0 Å². The van der Waals surface area contributed by atoms with Gasteiger partial charge >= 0.3 is 7.12 Å². The lowest BCUT2D eigenvalue weighted by Gasteiger charge is -2.64. The predicted molar refractivity (Wildman–Crippen MR) is 87.2 cm³/mol. The van der Waals surface area contributed by atoms with Crippen LogP contribution >= 0.6 is 0 Å². The van der Waals surface area contributed by atoms with E-state index < -0.39 is 5.41 Å². The molecule has 22 heavy (non-hydrogen) atoms. The molecule has 4 nitrogen and oxygen atoms in total. The molecule has 4 rings (SSSR count). The Morgan fingerprint density at radius 1 is 1.27 bits per heavy atom. The zero-order chi connectivity index (χ0) is 16.5. The summed E-state index contributed by atoms with van der Waals surface area (Å²) in [6.07, 6.45) is 2.50. The topological polar surface area (TPSA) is 47.6 Å². The monoisotopic (exact) mass is 307 g/mol. The molecular weight excluding hydrogens is 277 g/mol. The third kappa shape index (κ3) is 2.23. The molecule has 0 unspecified atom stereocenters. The second-order valence-corrected chi connectivity index (χ2v) is 9.35. The second-order valence-electron chi connectivity index (χ2n) is 9.35. The van der Waals surface area contributed by atoms with Gasteiger partial charge in [0.05, 0.1) is 17.6 Å². The van der Waals surface area contributed by atoms with E-state index in [0.717, 1.165) is 12.3 Å². The van der Waals surface area contributed by atoms with Crippen molar-refractivity contribution in [1.29, 1.82) is 0 Å². The van der Waals surface area contributed by atoms with Crippen LogP contribution in [0.15, 0.2) is 0 Å². The average Bonchev–Trinajstić information content (AvgIpc) is 2.74. The summed E-state index contributed by atoms with van der Waals surface area (Å²) in [7, 11) is -0.337. The smallest absolute Gasteiger partial charge is 0.404 e. The Kier molecular flexibility index (Phi) is 3.51. The minimum atomic E-state index is -0.396. The van der Waals surface area contributed by atoms with Crippen LogP contribution in [-0.4, -0.2) is 30.7 Å². The van der Waals surface area contributed by atoms with Crippen LogP contribution in [0.3, 0.4) is 0 Å². The van der Waals surface area contributed by atoms with Crippen LogP contribution in [-0.2, 0) is 14.1 Å². The maximum Gasteiger partial charge on any atom is 0.481 e. The maximum atomic E-state index is 12.2. The van der Waals surface area contributed by atoms with E-state index in [9.17, 15) is 4.79 Å². The van der Waals surface area contributed by atoms with Crippen LogP contribution in [0.5, 0.6) is 0 Å². The highest BCUT2D eigenvalue weighted by Gasteiger charge is 2.68. The average molecular weight is 307 g/mol. The van der Waals surface area contributed by atoms with Gasteiger partial charge in [-0.25, -0.2) is 0 Å². The highest BCUT2D eigenvalue weighted by atomic mass is 16.7. The normalized spacial score (nSPS) is 40.7. The molecule has 0 aromatic heterocycles. The molecule has 1 N–H and O–H groups in total. The summed E-state index contributed by atoms with van der Waals surface area (Å²) in [6.45, 7) is 14.7. The van der Waals surface area contributed by atoms with Gasteiger partial charge in [0.2, 0.25) is 5.91 Å². The zero-order valence-electron chi connectivity index (χ0n) is 15.0. The number of hydrogen-bond donors (Lipinski definition) is 1. The van der Waals surface area contributed by atoms with Gasteiger partial charge in [0.25, 0.3) is 0 Å². The summed E-state index contributed by atoms with van der Waals surface area (Å²) in [5, 5.41) is 3.05. The van der Waals surface area contributed by atoms with E-state index >= 15 is 0 Å². The third-order valence-electron chi connectivity index (χ3n) is 6.42. The lowest BCUT2D eigenvalue weighted by molar-refractivity contribution is -0.199. The van der Waals surface area contributed by atoms with Gasteiger partial charge in [0.1, 0.15) is 0 Å². The van der Waals surface area contributed by atoms with Crippen molar-refractivity contribution in [2.24, 2.45) is 22.7 Å². The molecule has 2 bridgehead atoms. The number of carbonyl (C=O) groups excluding carboxylic acids is 1. The molecule has 0 radical (unpaired) electrons. The van der Waals surface area contributed by atoms with Gasteiger partial charge in [0.15, 0.2) is 0 Å². The number of hydrogen-bond acceptors (Lipinski definition) is 3. The first-order valence-corrected chi connectivity index (χ1v) is 8.60. The zero-order valence-corrected chi connectivity index (χ0v) is 15.0. The van der Waals surface area contributed by atoms with Crippen LogP contribution < -0.4 is 5.32 Å². The molecule has 5 atom stereocenters. The summed E-state index contributed by atoms with van der Waals surface area (Å²) in [5.41, 5.74) is -0.252. The molecule has 1 saturated heterocycles. The fourth-order valence-corrected chi connectivity index (χ4v) is 4.61. The van der Waals surface area contributed by atoms with E-state index in [2.05, 4.69) is 26.1 Å². The molecule has 0 spiro atoms. The first kappa shape index (κ1) is 16.3. The van der Waals surface area contributed by atoms with Gasteiger partial charge in [-0.05, 0) is 43.9 Å². The van der Waals surface area contributed by atoms with Gasteiger partial charge in [-0.15, -0.1) is 0 Å². The van der Waals surface area contributed by atoms with E-state index in [-0.39, 0.29) is 30.7 Å². The number of nitrogens with one attached hydrogen (secondary N) is 1. The molecule has 0 aromatic rings. The van der Waals surface area contributed by atoms with Gasteiger partial charge in [-0.2, -0.15) is 0 Å². The fourth-order valence-electron chi connectivity index (χ4n) is 4.61. The van der Waals surface area contributed by atoms with Gasteiger partial charge in [0, 0.05) is 5.41 Å². The van der Waals surface area contributed by atoms with Crippen molar-refractivity contribution in [1.82, 2.24) is 5.32 Å². The van der Waals surface area contributed by atoms with E-state index in [1.54, 1.807) is 0 Å². The highest BCUT2D eigenvalue weighted by Crippen LogP contribution is 2.65. The fraction of sp³-hybridized carbons (Fsp3) is 0.941. The van der Waals surface area contributed by atoms with Gasteiger partial charge in [-0.3, -0.25) is 4.79 Å². The van der Waals surface area contributed by atoms with Gasteiger partial charge in [-0.1, -0.05) is 34.6 Å². The van der Waals surface area contributed by atoms with Crippen LogP contribution in [0.2, 0.25) is 0 Å². The van der Waals surface area contributed by atoms with E-state index in [4.69, 9.17) is 9.31 Å². The van der Waals surface area contributed by atoms with Crippen molar-refractivity contribution in [3.8, 4) is 0 Å². The van der Waals surface area contributed by atoms with Crippen molar-refractivity contribution in [2.75, 3.05) is 0 Å². The standard InChI is InChI=1S/C17H30BNO3/c1-10(19-14(20)15(2,3)4)18-21-13-9-11-8-12(16(11,5)6)17(13,7)22-18/h10-13H,8-9H2,1-7H3,(H,19,20)/t10-,11-,12-,13+,17-/m0/s1. The van der Waals surface area contributed by atoms with Crippen molar-refractivity contribution in [3.63, 3.8) is 0 Å². The molecule has 5 heteroatoms. The molecule has 0 aromatic carbocycles. The molecule has 4 fully saturated rings. The van der Waals surface area contributed by atoms with Crippen molar-refractivity contribution >= 4 is 13.0 Å². The van der Waals surface area contributed by atoms with E-state index in [1.807, 2.05) is 27.7 Å². The van der Waals surface area contributed by atoms with Crippen molar-refractivity contribution in [3.05, 3.63) is 0 Å². The maximum absolute atomic E-state index is 12.2. The minimum Gasteiger partial charge on any atom is -0.404 e. The molecule has 4 aliphatic rings. The SMILES string of the molecule is C[C@H](NC(=O)C(C)(C)C)B1O[C@@H]2C[C@@H]3C[C@@H](C3(C)C)[C@]2(C)O1. The Hall–Kier alpha value is -0.545. The van der Waals surface area contributed by atoms with Crippen molar-refractivity contribution < 1.29 is 14.1 Å². The minimum absolute atomic E-state index is 0.0388. The Morgan fingerprint density at radius 2 is 1.91 bits per heavy atom. The summed E-state index contributed by atoms with van der Waals surface area (Å²) in [5.74, 6) is 1.21. The second kappa shape index (κ2) is 4.73. The lowest BCUT2D eigenvalue weighted by atomic mass is 9.43. The van der Waals surface area contributed by atoms with Crippen LogP contribution in [0, 0.1) is 22.7 Å². The largest absolute Gasteiger partial charge is 0.481 e. The third-order valence-corrected chi connectivity index (χ3v) is 6.42. The summed E-state index contributed by atoms with van der Waals surface area (Å²) < 4.78 is 12.6. The lowest BCUT2D eigenvalue weighted by Crippen LogP contribution is -2.65. The molecule has 1 aliphatic heterocycles. The molecule has 3 saturated carbocycles. The Bertz CT molecular complexity index is 487. The molecule has 1 amide bonds. The summed E-state index contributed by atoms with van der Waals surface area (Å²) in [6, 6.07) is 0. The van der Waals surface area contributed by atoms with Crippen molar-refractivity contribution in [2.45, 2.75) is 79.0 Å². The van der Waals surface area contributed by atoms with E-state index in [0.29, 0.717) is 11.3 Å². The predicted octanol–water partition coefficient (Wildman–Crippen LogP) is 2.80. The summed E-state index contributed by atoms with van der Waals surface area (Å²) >= 11 is 0. The molecule has 1 heterocycles. The van der Waals surface area contributed by atoms with Gasteiger partial charge < -0.3 is 14.6 Å². The Labute approximate surface area is 134 Å². The summed E-state index contributed by atoms with van der Waals surface area (Å²) in [4.78, 5) is 12.2. The Morgan fingerprint density at radius 3 is 2.45 bits per heavy atom. The first-order valence-electron chi connectivity index (χ1n) is 8.60. The number of rotatable bonds is 2. The first-order chi connectivity index (χ1) is 9.96. The Balaban J connectivity index is 1.69. The molecule has 124 valence electrons. The number of carbonyl (C=O) groups is 1. The highest BCUT2D eigenvalue weighted by molar-refractivity contribution is 6.47. The molecular formula is C17H30BNO3.